The maximum Gasteiger partial charge on any atom is 0.243 e. The highest BCUT2D eigenvalue weighted by Crippen LogP contribution is 2.26. The highest BCUT2D eigenvalue weighted by Gasteiger charge is 2.30. The largest absolute Gasteiger partial charge is 0.306 e. The molecule has 0 aliphatic carbocycles. The minimum Gasteiger partial charge on any atom is -0.306 e. The molecule has 1 aliphatic rings. The van der Waals surface area contributed by atoms with Crippen LogP contribution in [0.1, 0.15) is 18.4 Å². The van der Waals surface area contributed by atoms with Gasteiger partial charge >= 0.3 is 0 Å². The Morgan fingerprint density at radius 3 is 2.52 bits per heavy atom. The molecule has 0 saturated carbocycles. The molecule has 7 heteroatoms. The van der Waals surface area contributed by atoms with Crippen LogP contribution in [0.25, 0.3) is 0 Å². The lowest BCUT2D eigenvalue weighted by atomic mass is 10.1. The number of sulfonamides is 1. The number of benzene rings is 1. The van der Waals surface area contributed by atoms with E-state index in [0.29, 0.717) is 10.6 Å². The van der Waals surface area contributed by atoms with Gasteiger partial charge in [0.25, 0.3) is 0 Å². The van der Waals surface area contributed by atoms with E-state index in [2.05, 4.69) is 11.9 Å². The van der Waals surface area contributed by atoms with Crippen LogP contribution >= 0.6 is 23.2 Å². The van der Waals surface area contributed by atoms with E-state index in [9.17, 15) is 8.42 Å². The summed E-state index contributed by atoms with van der Waals surface area (Å²) >= 11 is 11.8. The molecular weight excluding hydrogens is 331 g/mol. The molecule has 2 rings (SSSR count). The van der Waals surface area contributed by atoms with Crippen LogP contribution in [-0.4, -0.2) is 50.8 Å². The first-order valence-corrected chi connectivity index (χ1v) is 9.22. The number of piperidine rings is 1. The first kappa shape index (κ1) is 17.0. The lowest BCUT2D eigenvalue weighted by Crippen LogP contribution is -2.44. The molecule has 0 atom stereocenters. The zero-order chi connectivity index (χ0) is 15.6. The van der Waals surface area contributed by atoms with Crippen LogP contribution in [-0.2, 0) is 15.9 Å². The van der Waals surface area contributed by atoms with Crippen LogP contribution < -0.4 is 0 Å². The van der Waals surface area contributed by atoms with Crippen LogP contribution in [0.5, 0.6) is 0 Å². The summed E-state index contributed by atoms with van der Waals surface area (Å²) in [5.41, 5.74) is 0.635. The average Bonchev–Trinajstić information content (AvgIpc) is 2.47. The topological polar surface area (TPSA) is 40.6 Å². The molecule has 0 radical (unpaired) electrons. The molecule has 1 aromatic rings. The lowest BCUT2D eigenvalue weighted by Gasteiger charge is -2.34. The van der Waals surface area contributed by atoms with E-state index >= 15 is 0 Å². The van der Waals surface area contributed by atoms with Crippen LogP contribution in [0.15, 0.2) is 23.1 Å². The number of alkyl halides is 1. The second kappa shape index (κ2) is 6.84. The normalized spacial score (nSPS) is 18.3. The van der Waals surface area contributed by atoms with Gasteiger partial charge in [-0.3, -0.25) is 0 Å². The quantitative estimate of drug-likeness (QED) is 0.784. The zero-order valence-electron chi connectivity index (χ0n) is 12.2. The molecule has 1 aromatic carbocycles. The molecule has 118 valence electrons. The Morgan fingerprint density at radius 2 is 1.95 bits per heavy atom. The monoisotopic (exact) mass is 350 g/mol. The molecule has 4 nitrogen and oxygen atoms in total. The number of hydrogen-bond acceptors (Lipinski definition) is 3. The van der Waals surface area contributed by atoms with E-state index in [1.807, 2.05) is 0 Å². The number of likely N-dealkylation sites (tertiary alicyclic amines) is 1. The Hall–Kier alpha value is -0.330. The van der Waals surface area contributed by atoms with Crippen molar-refractivity contribution < 1.29 is 8.42 Å². The van der Waals surface area contributed by atoms with Crippen LogP contribution in [0.3, 0.4) is 0 Å². The van der Waals surface area contributed by atoms with E-state index in [0.717, 1.165) is 25.9 Å². The molecule has 1 saturated heterocycles. The van der Waals surface area contributed by atoms with Gasteiger partial charge in [0.05, 0.1) is 4.90 Å². The van der Waals surface area contributed by atoms with Gasteiger partial charge in [0, 0.05) is 24.0 Å². The third-order valence-electron chi connectivity index (χ3n) is 4.04. The smallest absolute Gasteiger partial charge is 0.243 e. The van der Waals surface area contributed by atoms with E-state index in [1.54, 1.807) is 25.2 Å². The van der Waals surface area contributed by atoms with Gasteiger partial charge in [-0.25, -0.2) is 8.42 Å². The predicted molar refractivity (Wildman–Crippen MR) is 86.5 cm³/mol. The minimum atomic E-state index is -3.51. The third kappa shape index (κ3) is 3.71. The van der Waals surface area contributed by atoms with Crippen molar-refractivity contribution in [2.24, 2.45) is 0 Å². The number of halogens is 2. The molecular formula is C14H20Cl2N2O2S. The molecule has 21 heavy (non-hydrogen) atoms. The fourth-order valence-electron chi connectivity index (χ4n) is 2.54. The summed E-state index contributed by atoms with van der Waals surface area (Å²) < 4.78 is 26.9. The standard InChI is InChI=1S/C14H20Cl2N2O2S/c1-17-7-5-12(6-8-17)18(2)21(19,20)13-3-4-14(16)11(9-13)10-15/h3-4,9,12H,5-8,10H2,1-2H3. The van der Waals surface area contributed by atoms with Crippen molar-refractivity contribution in [1.82, 2.24) is 9.21 Å². The minimum absolute atomic E-state index is 0.0429. The third-order valence-corrected chi connectivity index (χ3v) is 6.60. The first-order chi connectivity index (χ1) is 9.86. The molecule has 1 aliphatic heterocycles. The van der Waals surface area contributed by atoms with Crippen molar-refractivity contribution in [1.29, 1.82) is 0 Å². The molecule has 0 aromatic heterocycles. The highest BCUT2D eigenvalue weighted by molar-refractivity contribution is 7.89. The molecule has 0 amide bonds. The van der Waals surface area contributed by atoms with Crippen molar-refractivity contribution in [2.45, 2.75) is 29.7 Å². The summed E-state index contributed by atoms with van der Waals surface area (Å²) in [6.45, 7) is 1.83. The molecule has 1 fully saturated rings. The van der Waals surface area contributed by atoms with Gasteiger partial charge < -0.3 is 4.90 Å². The summed E-state index contributed by atoms with van der Waals surface area (Å²) in [6, 6.07) is 4.74. The SMILES string of the molecule is CN1CCC(N(C)S(=O)(=O)c2ccc(Cl)c(CCl)c2)CC1. The summed E-state index contributed by atoms with van der Waals surface area (Å²) in [5, 5.41) is 0.492. The van der Waals surface area contributed by atoms with Gasteiger partial charge in [0.1, 0.15) is 0 Å². The van der Waals surface area contributed by atoms with Crippen molar-refractivity contribution in [2.75, 3.05) is 27.2 Å². The van der Waals surface area contributed by atoms with Crippen LogP contribution in [0.4, 0.5) is 0 Å². The van der Waals surface area contributed by atoms with Gasteiger partial charge in [-0.05, 0) is 56.7 Å². The lowest BCUT2D eigenvalue weighted by molar-refractivity contribution is 0.197. The Kier molecular flexibility index (Phi) is 5.54. The second-order valence-electron chi connectivity index (χ2n) is 5.44. The van der Waals surface area contributed by atoms with Gasteiger partial charge in [0.2, 0.25) is 10.0 Å². The average molecular weight is 351 g/mol. The van der Waals surface area contributed by atoms with Gasteiger partial charge in [-0.2, -0.15) is 4.31 Å². The van der Waals surface area contributed by atoms with Gasteiger partial charge in [-0.15, -0.1) is 11.6 Å². The Morgan fingerprint density at radius 1 is 1.33 bits per heavy atom. The first-order valence-electron chi connectivity index (χ1n) is 6.87. The van der Waals surface area contributed by atoms with Crippen molar-refractivity contribution >= 4 is 33.2 Å². The van der Waals surface area contributed by atoms with Crippen LogP contribution in [0.2, 0.25) is 5.02 Å². The number of nitrogens with zero attached hydrogens (tertiary/aromatic N) is 2. The van der Waals surface area contributed by atoms with E-state index in [4.69, 9.17) is 23.2 Å². The second-order valence-corrected chi connectivity index (χ2v) is 8.11. The highest BCUT2D eigenvalue weighted by atomic mass is 35.5. The summed E-state index contributed by atoms with van der Waals surface area (Å²) in [6.07, 6.45) is 1.70. The molecule has 1 heterocycles. The maximum atomic E-state index is 12.7. The zero-order valence-corrected chi connectivity index (χ0v) is 14.5. The fourth-order valence-corrected chi connectivity index (χ4v) is 4.48. The predicted octanol–water partition coefficient (Wildman–Crippen LogP) is 2.79. The summed E-state index contributed by atoms with van der Waals surface area (Å²) in [7, 11) is 0.197. The van der Waals surface area contributed by atoms with Crippen molar-refractivity contribution in [3.63, 3.8) is 0 Å². The van der Waals surface area contributed by atoms with Gasteiger partial charge in [0.15, 0.2) is 0 Å². The summed E-state index contributed by atoms with van der Waals surface area (Å²) in [4.78, 5) is 2.47. The molecule has 0 spiro atoms. The Balaban J connectivity index is 2.24. The van der Waals surface area contributed by atoms with Crippen molar-refractivity contribution in [3.8, 4) is 0 Å². The Labute approximate surface area is 136 Å². The van der Waals surface area contributed by atoms with Gasteiger partial charge in [-0.1, -0.05) is 11.6 Å². The fraction of sp³-hybridized carbons (Fsp3) is 0.571. The van der Waals surface area contributed by atoms with E-state index in [1.165, 1.54) is 4.31 Å². The van der Waals surface area contributed by atoms with E-state index in [-0.39, 0.29) is 16.8 Å². The number of hydrogen-bond donors (Lipinski definition) is 0. The number of rotatable bonds is 4. The van der Waals surface area contributed by atoms with Crippen LogP contribution in [0, 0.1) is 0 Å². The van der Waals surface area contributed by atoms with E-state index < -0.39 is 10.0 Å². The maximum absolute atomic E-state index is 12.7. The van der Waals surface area contributed by atoms with Crippen molar-refractivity contribution in [3.05, 3.63) is 28.8 Å². The molecule has 0 N–H and O–H groups in total. The molecule has 0 unspecified atom stereocenters. The molecule has 0 bridgehead atoms. The Bertz CT molecular complexity index is 599. The summed E-state index contributed by atoms with van der Waals surface area (Å²) in [5.74, 6) is 0.195.